The number of halogens is 1. The lowest BCUT2D eigenvalue weighted by molar-refractivity contribution is -0.900. The van der Waals surface area contributed by atoms with Crippen LogP contribution >= 0.6 is 15.9 Å². The molecule has 0 aliphatic carbocycles. The number of quaternary nitrogens is 1. The summed E-state index contributed by atoms with van der Waals surface area (Å²) in [6.45, 7) is 5.88. The lowest BCUT2D eigenvalue weighted by Crippen LogP contribution is -3.15. The van der Waals surface area contributed by atoms with Crippen molar-refractivity contribution in [3.8, 4) is 0 Å². The Morgan fingerprint density at radius 3 is 2.63 bits per heavy atom. The third-order valence-corrected chi connectivity index (χ3v) is 3.89. The first-order valence-electron chi connectivity index (χ1n) is 6.61. The van der Waals surface area contributed by atoms with E-state index >= 15 is 0 Å². The number of morpholine rings is 1. The molecule has 0 spiro atoms. The Hall–Kier alpha value is -0.910. The highest BCUT2D eigenvalue weighted by Crippen LogP contribution is 2.16. The molecule has 19 heavy (non-hydrogen) atoms. The molecule has 0 aromatic heterocycles. The molecule has 1 amide bonds. The van der Waals surface area contributed by atoms with Gasteiger partial charge in [0, 0.05) is 4.47 Å². The SMILES string of the molecule is C[C@H](NC(=O)C[NH+]1CCOCC1)c1ccc(Br)cc1. The molecule has 1 saturated heterocycles. The minimum atomic E-state index is 0.0426. The zero-order valence-electron chi connectivity index (χ0n) is 11.1. The Kier molecular flexibility index (Phi) is 5.36. The topological polar surface area (TPSA) is 42.8 Å². The first kappa shape index (κ1) is 14.5. The van der Waals surface area contributed by atoms with E-state index in [0.29, 0.717) is 6.54 Å². The molecule has 1 atom stereocenters. The molecule has 0 saturated carbocycles. The molecule has 0 radical (unpaired) electrons. The fourth-order valence-corrected chi connectivity index (χ4v) is 2.46. The Bertz CT molecular complexity index is 416. The molecule has 2 N–H and O–H groups in total. The second-order valence-electron chi connectivity index (χ2n) is 4.88. The Morgan fingerprint density at radius 1 is 1.37 bits per heavy atom. The molecule has 104 valence electrons. The van der Waals surface area contributed by atoms with Gasteiger partial charge in [-0.05, 0) is 24.6 Å². The molecule has 1 aromatic carbocycles. The number of amides is 1. The first-order valence-corrected chi connectivity index (χ1v) is 7.40. The summed E-state index contributed by atoms with van der Waals surface area (Å²) in [6.07, 6.45) is 0. The van der Waals surface area contributed by atoms with Gasteiger partial charge in [-0.2, -0.15) is 0 Å². The van der Waals surface area contributed by atoms with Crippen LogP contribution in [0.4, 0.5) is 0 Å². The van der Waals surface area contributed by atoms with Crippen molar-refractivity contribution in [2.24, 2.45) is 0 Å². The van der Waals surface area contributed by atoms with E-state index < -0.39 is 0 Å². The monoisotopic (exact) mass is 327 g/mol. The van der Waals surface area contributed by atoms with Crippen LogP contribution in [0.25, 0.3) is 0 Å². The quantitative estimate of drug-likeness (QED) is 0.847. The molecular weight excluding hydrogens is 308 g/mol. The van der Waals surface area contributed by atoms with Gasteiger partial charge in [0.15, 0.2) is 6.54 Å². The fraction of sp³-hybridized carbons (Fsp3) is 0.500. The summed E-state index contributed by atoms with van der Waals surface area (Å²) in [5.74, 6) is 0.104. The van der Waals surface area contributed by atoms with Crippen molar-refractivity contribution in [2.45, 2.75) is 13.0 Å². The van der Waals surface area contributed by atoms with E-state index in [2.05, 4.69) is 21.2 Å². The number of hydrogen-bond donors (Lipinski definition) is 2. The van der Waals surface area contributed by atoms with Crippen LogP contribution in [0.2, 0.25) is 0 Å². The van der Waals surface area contributed by atoms with Gasteiger partial charge in [-0.3, -0.25) is 4.79 Å². The van der Waals surface area contributed by atoms with Gasteiger partial charge >= 0.3 is 0 Å². The number of benzene rings is 1. The number of hydrogen-bond acceptors (Lipinski definition) is 2. The lowest BCUT2D eigenvalue weighted by Gasteiger charge is -2.24. The van der Waals surface area contributed by atoms with E-state index in [9.17, 15) is 4.79 Å². The number of carbonyl (C=O) groups excluding carboxylic acids is 1. The van der Waals surface area contributed by atoms with Crippen molar-refractivity contribution >= 4 is 21.8 Å². The van der Waals surface area contributed by atoms with Crippen molar-refractivity contribution < 1.29 is 14.4 Å². The molecule has 1 aromatic rings. The summed E-state index contributed by atoms with van der Waals surface area (Å²) in [5.41, 5.74) is 1.12. The standard InChI is InChI=1S/C14H19BrN2O2/c1-11(12-2-4-13(15)5-3-12)16-14(18)10-17-6-8-19-9-7-17/h2-5,11H,6-10H2,1H3,(H,16,18)/p+1/t11-/m0/s1. The maximum Gasteiger partial charge on any atom is 0.275 e. The first-order chi connectivity index (χ1) is 9.15. The predicted molar refractivity (Wildman–Crippen MR) is 77.1 cm³/mol. The number of rotatable bonds is 4. The Morgan fingerprint density at radius 2 is 2.00 bits per heavy atom. The van der Waals surface area contributed by atoms with E-state index in [1.54, 1.807) is 0 Å². The maximum absolute atomic E-state index is 12.0. The van der Waals surface area contributed by atoms with Gasteiger partial charge in [-0.15, -0.1) is 0 Å². The van der Waals surface area contributed by atoms with Crippen LogP contribution < -0.4 is 10.2 Å². The van der Waals surface area contributed by atoms with Gasteiger partial charge in [-0.25, -0.2) is 0 Å². The summed E-state index contributed by atoms with van der Waals surface area (Å²) in [7, 11) is 0. The van der Waals surface area contributed by atoms with Gasteiger partial charge in [0.1, 0.15) is 13.1 Å². The number of nitrogens with one attached hydrogen (secondary N) is 2. The van der Waals surface area contributed by atoms with Gasteiger partial charge < -0.3 is 15.0 Å². The molecule has 2 rings (SSSR count). The van der Waals surface area contributed by atoms with Crippen molar-refractivity contribution in [3.63, 3.8) is 0 Å². The molecule has 1 aliphatic rings. The maximum atomic E-state index is 12.0. The van der Waals surface area contributed by atoms with Crippen LogP contribution in [0.15, 0.2) is 28.7 Å². The van der Waals surface area contributed by atoms with Crippen LogP contribution in [0.1, 0.15) is 18.5 Å². The third kappa shape index (κ3) is 4.60. The van der Waals surface area contributed by atoms with Gasteiger partial charge in [0.2, 0.25) is 0 Å². The number of ether oxygens (including phenoxy) is 1. The van der Waals surface area contributed by atoms with E-state index in [-0.39, 0.29) is 11.9 Å². The fourth-order valence-electron chi connectivity index (χ4n) is 2.19. The smallest absolute Gasteiger partial charge is 0.275 e. The molecular formula is C14H20BrN2O2+. The highest BCUT2D eigenvalue weighted by atomic mass is 79.9. The summed E-state index contributed by atoms with van der Waals surface area (Å²) in [6, 6.07) is 8.07. The largest absolute Gasteiger partial charge is 0.370 e. The minimum Gasteiger partial charge on any atom is -0.370 e. The molecule has 1 heterocycles. The average Bonchev–Trinajstić information content (AvgIpc) is 2.40. The highest BCUT2D eigenvalue weighted by molar-refractivity contribution is 9.10. The zero-order valence-corrected chi connectivity index (χ0v) is 12.7. The van der Waals surface area contributed by atoms with Crippen molar-refractivity contribution in [2.75, 3.05) is 32.8 Å². The Balaban J connectivity index is 1.82. The van der Waals surface area contributed by atoms with Crippen LogP contribution in [0.3, 0.4) is 0 Å². The van der Waals surface area contributed by atoms with Gasteiger partial charge in [0.05, 0.1) is 19.3 Å². The summed E-state index contributed by atoms with van der Waals surface area (Å²) in [4.78, 5) is 13.3. The molecule has 1 fully saturated rings. The molecule has 5 heteroatoms. The van der Waals surface area contributed by atoms with Crippen LogP contribution in [0, 0.1) is 0 Å². The molecule has 0 bridgehead atoms. The van der Waals surface area contributed by atoms with Crippen molar-refractivity contribution in [1.82, 2.24) is 5.32 Å². The molecule has 0 unspecified atom stereocenters. The summed E-state index contributed by atoms with van der Waals surface area (Å²) >= 11 is 3.41. The lowest BCUT2D eigenvalue weighted by atomic mass is 10.1. The predicted octanol–water partition coefficient (Wildman–Crippen LogP) is 0.541. The number of carbonyl (C=O) groups is 1. The average molecular weight is 328 g/mol. The van der Waals surface area contributed by atoms with Crippen molar-refractivity contribution in [3.05, 3.63) is 34.3 Å². The molecule has 4 nitrogen and oxygen atoms in total. The van der Waals surface area contributed by atoms with Crippen LogP contribution in [-0.4, -0.2) is 38.8 Å². The van der Waals surface area contributed by atoms with Gasteiger partial charge in [-0.1, -0.05) is 28.1 Å². The summed E-state index contributed by atoms with van der Waals surface area (Å²) < 4.78 is 6.33. The van der Waals surface area contributed by atoms with Crippen LogP contribution in [-0.2, 0) is 9.53 Å². The van der Waals surface area contributed by atoms with E-state index in [0.717, 1.165) is 36.3 Å². The van der Waals surface area contributed by atoms with E-state index in [1.165, 1.54) is 4.90 Å². The van der Waals surface area contributed by atoms with Crippen molar-refractivity contribution in [1.29, 1.82) is 0 Å². The zero-order chi connectivity index (χ0) is 13.7. The Labute approximate surface area is 122 Å². The highest BCUT2D eigenvalue weighted by Gasteiger charge is 2.18. The third-order valence-electron chi connectivity index (χ3n) is 3.36. The minimum absolute atomic E-state index is 0.0426. The second-order valence-corrected chi connectivity index (χ2v) is 5.80. The second kappa shape index (κ2) is 7.03. The van der Waals surface area contributed by atoms with Gasteiger partial charge in [0.25, 0.3) is 5.91 Å². The molecule has 1 aliphatic heterocycles. The van der Waals surface area contributed by atoms with E-state index in [4.69, 9.17) is 4.74 Å². The van der Waals surface area contributed by atoms with E-state index in [1.807, 2.05) is 31.2 Å². The normalized spacial score (nSPS) is 18.0. The summed E-state index contributed by atoms with van der Waals surface area (Å²) in [5, 5.41) is 3.05. The van der Waals surface area contributed by atoms with Crippen LogP contribution in [0.5, 0.6) is 0 Å².